The average Bonchev–Trinajstić information content (AvgIpc) is 2.72. The van der Waals surface area contributed by atoms with Gasteiger partial charge in [0, 0.05) is 11.8 Å². The maximum atomic E-state index is 12.5. The molecule has 0 aromatic heterocycles. The summed E-state index contributed by atoms with van der Waals surface area (Å²) in [5, 5.41) is 2.45. The summed E-state index contributed by atoms with van der Waals surface area (Å²) in [5.41, 5.74) is 0.641. The van der Waals surface area contributed by atoms with Crippen LogP contribution in [0.5, 0.6) is 11.5 Å². The lowest BCUT2D eigenvalue weighted by Crippen LogP contribution is -2.33. The van der Waals surface area contributed by atoms with Crippen LogP contribution in [0.2, 0.25) is 0 Å². The second-order valence-electron chi connectivity index (χ2n) is 6.30. The third-order valence-electron chi connectivity index (χ3n) is 3.81. The number of anilines is 1. The Morgan fingerprint density at radius 1 is 1.09 bits per heavy atom. The van der Waals surface area contributed by atoms with Gasteiger partial charge in [0.1, 0.15) is 6.54 Å². The Morgan fingerprint density at radius 2 is 1.76 bits per heavy atom. The molecule has 0 aliphatic rings. The highest BCUT2D eigenvalue weighted by Crippen LogP contribution is 2.30. The molecule has 180 valence electrons. The third kappa shape index (κ3) is 8.69. The van der Waals surface area contributed by atoms with Gasteiger partial charge in [-0.1, -0.05) is 6.07 Å². The Labute approximate surface area is 186 Å². The van der Waals surface area contributed by atoms with Gasteiger partial charge in [-0.25, -0.2) is 13.1 Å². The number of benzene rings is 2. The van der Waals surface area contributed by atoms with Crippen LogP contribution in [-0.4, -0.2) is 40.3 Å². The van der Waals surface area contributed by atoms with Gasteiger partial charge in [0.15, 0.2) is 11.5 Å². The molecule has 0 heterocycles. The Bertz CT molecular complexity index is 1090. The Hall–Kier alpha value is -3.19. The molecule has 0 aliphatic heterocycles. The largest absolute Gasteiger partial charge is 0.490 e. The van der Waals surface area contributed by atoms with Crippen molar-refractivity contribution in [1.29, 1.82) is 0 Å². The zero-order valence-electron chi connectivity index (χ0n) is 17.0. The monoisotopic (exact) mass is 494 g/mol. The molecule has 0 radical (unpaired) electrons. The highest BCUT2D eigenvalue weighted by Gasteiger charge is 2.30. The smallest absolute Gasteiger partial charge is 0.402 e. The first-order valence-corrected chi connectivity index (χ1v) is 10.7. The summed E-state index contributed by atoms with van der Waals surface area (Å²) in [4.78, 5) is 11.7. The predicted molar refractivity (Wildman–Crippen MR) is 110 cm³/mol. The molecular formula is C20H19F5N2O5S. The van der Waals surface area contributed by atoms with E-state index < -0.39 is 40.2 Å². The van der Waals surface area contributed by atoms with Crippen LogP contribution in [0, 0.1) is 0 Å². The lowest BCUT2D eigenvalue weighted by Gasteiger charge is -2.11. The lowest BCUT2D eigenvalue weighted by atomic mass is 10.2. The van der Waals surface area contributed by atoms with E-state index in [-0.39, 0.29) is 23.8 Å². The fourth-order valence-corrected chi connectivity index (χ4v) is 3.44. The zero-order valence-corrected chi connectivity index (χ0v) is 17.8. The minimum atomic E-state index is -4.70. The molecule has 2 rings (SSSR count). The van der Waals surface area contributed by atoms with Crippen LogP contribution in [0.4, 0.5) is 27.6 Å². The number of carbonyl (C=O) groups is 1. The number of nitrogens with one attached hydrogen (secondary N) is 2. The fraction of sp³-hybridized carbons (Fsp3) is 0.250. The normalized spacial score (nSPS) is 12.2. The lowest BCUT2D eigenvalue weighted by molar-refractivity contribution is -0.121. The molecule has 2 aromatic carbocycles. The van der Waals surface area contributed by atoms with Crippen LogP contribution >= 0.6 is 0 Å². The molecule has 0 saturated carbocycles. The van der Waals surface area contributed by atoms with Gasteiger partial charge in [-0.05, 0) is 55.0 Å². The molecule has 13 heteroatoms. The van der Waals surface area contributed by atoms with Gasteiger partial charge in [0.2, 0.25) is 15.9 Å². The maximum Gasteiger partial charge on any atom is 0.402 e. The first kappa shape index (κ1) is 26.1. The number of hydrogen-bond acceptors (Lipinski definition) is 5. The van der Waals surface area contributed by atoms with Crippen molar-refractivity contribution < 1.29 is 44.6 Å². The Kier molecular flexibility index (Phi) is 8.76. The molecule has 0 unspecified atom stereocenters. The first-order valence-electron chi connectivity index (χ1n) is 9.27. The van der Waals surface area contributed by atoms with Crippen molar-refractivity contribution in [2.45, 2.75) is 24.6 Å². The van der Waals surface area contributed by atoms with Gasteiger partial charge in [-0.15, -0.1) is 0 Å². The molecule has 7 nitrogen and oxygen atoms in total. The number of carbonyl (C=O) groups excluding carboxylic acids is 1. The van der Waals surface area contributed by atoms with Crippen LogP contribution in [-0.2, 0) is 14.8 Å². The highest BCUT2D eigenvalue weighted by atomic mass is 32.2. The van der Waals surface area contributed by atoms with Crippen molar-refractivity contribution in [3.63, 3.8) is 0 Å². The molecule has 2 aromatic rings. The summed E-state index contributed by atoms with van der Waals surface area (Å²) in [6.07, 6.45) is -2.19. The number of ether oxygens (including phenoxy) is 2. The van der Waals surface area contributed by atoms with Crippen molar-refractivity contribution >= 4 is 27.7 Å². The van der Waals surface area contributed by atoms with E-state index in [1.165, 1.54) is 41.1 Å². The number of sulfonamides is 1. The van der Waals surface area contributed by atoms with Gasteiger partial charge in [0.05, 0.1) is 11.5 Å². The molecular weight excluding hydrogens is 475 g/mol. The minimum absolute atomic E-state index is 0.0660. The topological polar surface area (TPSA) is 93.7 Å². The molecule has 0 fully saturated rings. The van der Waals surface area contributed by atoms with E-state index in [9.17, 15) is 35.2 Å². The molecule has 2 N–H and O–H groups in total. The van der Waals surface area contributed by atoms with E-state index in [0.29, 0.717) is 5.56 Å². The van der Waals surface area contributed by atoms with Crippen LogP contribution in [0.25, 0.3) is 6.08 Å². The maximum absolute atomic E-state index is 12.5. The molecule has 0 bridgehead atoms. The summed E-state index contributed by atoms with van der Waals surface area (Å²) in [6.45, 7) is -2.88. The molecule has 0 aliphatic carbocycles. The Balaban J connectivity index is 2.03. The van der Waals surface area contributed by atoms with Crippen molar-refractivity contribution in [1.82, 2.24) is 4.72 Å². The molecule has 0 atom stereocenters. The average molecular weight is 494 g/mol. The van der Waals surface area contributed by atoms with Crippen molar-refractivity contribution in [2.75, 3.05) is 18.5 Å². The van der Waals surface area contributed by atoms with Gasteiger partial charge in [0.25, 0.3) is 0 Å². The summed E-state index contributed by atoms with van der Waals surface area (Å²) in [7, 11) is -4.37. The fourth-order valence-electron chi connectivity index (χ4n) is 2.42. The first-order chi connectivity index (χ1) is 15.4. The standard InChI is InChI=1S/C20H19F5N2O5S/c1-2-31-17-11-13(3-9-16(17)32-19(21)22)4-10-18(28)27-14-5-7-15(8-6-14)33(29,30)26-12-20(23,24)25/h3-11,19,26H,2,12H2,1H3,(H,27,28)/b10-4+. The van der Waals surface area contributed by atoms with E-state index in [1.54, 1.807) is 6.92 Å². The van der Waals surface area contributed by atoms with Crippen LogP contribution in [0.3, 0.4) is 0 Å². The van der Waals surface area contributed by atoms with Crippen molar-refractivity contribution in [3.8, 4) is 11.5 Å². The summed E-state index contributed by atoms with van der Waals surface area (Å²) >= 11 is 0. The van der Waals surface area contributed by atoms with E-state index in [2.05, 4.69) is 10.1 Å². The summed E-state index contributed by atoms with van der Waals surface area (Å²) < 4.78 is 96.3. The van der Waals surface area contributed by atoms with E-state index in [1.807, 2.05) is 0 Å². The van der Waals surface area contributed by atoms with Crippen molar-refractivity contribution in [2.24, 2.45) is 0 Å². The number of hydrogen-bond donors (Lipinski definition) is 2. The van der Waals surface area contributed by atoms with Gasteiger partial charge in [-0.3, -0.25) is 4.79 Å². The van der Waals surface area contributed by atoms with E-state index in [4.69, 9.17) is 4.74 Å². The van der Waals surface area contributed by atoms with E-state index >= 15 is 0 Å². The van der Waals surface area contributed by atoms with Crippen LogP contribution in [0.15, 0.2) is 53.4 Å². The van der Waals surface area contributed by atoms with Gasteiger partial charge < -0.3 is 14.8 Å². The zero-order chi connectivity index (χ0) is 24.6. The van der Waals surface area contributed by atoms with Crippen LogP contribution < -0.4 is 19.5 Å². The second-order valence-corrected chi connectivity index (χ2v) is 8.07. The Morgan fingerprint density at radius 3 is 2.33 bits per heavy atom. The third-order valence-corrected chi connectivity index (χ3v) is 5.22. The molecule has 0 saturated heterocycles. The summed E-state index contributed by atoms with van der Waals surface area (Å²) in [6, 6.07) is 8.58. The molecule has 33 heavy (non-hydrogen) atoms. The summed E-state index contributed by atoms with van der Waals surface area (Å²) in [5.74, 6) is -0.698. The van der Waals surface area contributed by atoms with Gasteiger partial charge in [-0.2, -0.15) is 22.0 Å². The number of amides is 1. The van der Waals surface area contributed by atoms with E-state index in [0.717, 1.165) is 18.2 Å². The van der Waals surface area contributed by atoms with Gasteiger partial charge >= 0.3 is 12.8 Å². The number of rotatable bonds is 10. The minimum Gasteiger partial charge on any atom is -0.490 e. The number of halogens is 5. The van der Waals surface area contributed by atoms with Crippen LogP contribution in [0.1, 0.15) is 12.5 Å². The number of alkyl halides is 5. The van der Waals surface area contributed by atoms with Crippen molar-refractivity contribution in [3.05, 3.63) is 54.1 Å². The highest BCUT2D eigenvalue weighted by molar-refractivity contribution is 7.89. The predicted octanol–water partition coefficient (Wildman–Crippen LogP) is 4.18. The quantitative estimate of drug-likeness (QED) is 0.382. The molecule has 1 amide bonds. The second kappa shape index (κ2) is 11.1. The molecule has 0 spiro atoms. The SMILES string of the molecule is CCOc1cc(/C=C/C(=O)Nc2ccc(S(=O)(=O)NCC(F)(F)F)cc2)ccc1OC(F)F.